The second-order valence-corrected chi connectivity index (χ2v) is 7.66. The number of halogens is 1. The maximum atomic E-state index is 13.4. The van der Waals surface area contributed by atoms with Crippen molar-refractivity contribution < 1.29 is 18.7 Å². The third-order valence-electron chi connectivity index (χ3n) is 5.42. The van der Waals surface area contributed by atoms with Crippen LogP contribution in [0, 0.1) is 5.82 Å². The van der Waals surface area contributed by atoms with Crippen LogP contribution in [0.2, 0.25) is 0 Å². The SMILES string of the molecule is CN1C(=O)[C@@H](NC(=O)c2n[nH]c(Cc3cccc(F)c3)n2)COc2ccc3cnccc3c21. The maximum absolute atomic E-state index is 13.4. The van der Waals surface area contributed by atoms with Crippen molar-refractivity contribution in [2.24, 2.45) is 0 Å². The van der Waals surface area contributed by atoms with Gasteiger partial charge in [0, 0.05) is 36.6 Å². The summed E-state index contributed by atoms with van der Waals surface area (Å²) in [5.41, 5.74) is 1.30. The Morgan fingerprint density at radius 1 is 1.30 bits per heavy atom. The minimum absolute atomic E-state index is 0.0426. The Morgan fingerprint density at radius 3 is 3.03 bits per heavy atom. The van der Waals surface area contributed by atoms with Crippen molar-refractivity contribution in [3.8, 4) is 5.75 Å². The van der Waals surface area contributed by atoms with E-state index in [1.54, 1.807) is 37.6 Å². The third-order valence-corrected chi connectivity index (χ3v) is 5.42. The lowest BCUT2D eigenvalue weighted by molar-refractivity contribution is -0.120. The normalized spacial score (nSPS) is 15.6. The summed E-state index contributed by atoms with van der Waals surface area (Å²) in [5.74, 6) is -0.481. The van der Waals surface area contributed by atoms with Crippen molar-refractivity contribution in [1.82, 2.24) is 25.5 Å². The number of benzene rings is 2. The van der Waals surface area contributed by atoms with Crippen LogP contribution in [0.5, 0.6) is 5.75 Å². The van der Waals surface area contributed by atoms with Crippen molar-refractivity contribution >= 4 is 28.3 Å². The second kappa shape index (κ2) is 8.30. The number of nitrogens with zero attached hydrogens (tertiary/aromatic N) is 4. The Bertz CT molecular complexity index is 1370. The Labute approximate surface area is 187 Å². The molecule has 33 heavy (non-hydrogen) atoms. The number of carbonyl (C=O) groups excluding carboxylic acids is 2. The van der Waals surface area contributed by atoms with E-state index in [1.165, 1.54) is 17.0 Å². The molecule has 0 saturated heterocycles. The average Bonchev–Trinajstić information content (AvgIpc) is 3.24. The molecule has 0 aliphatic carbocycles. The highest BCUT2D eigenvalue weighted by molar-refractivity contribution is 6.09. The molecule has 0 radical (unpaired) electrons. The van der Waals surface area contributed by atoms with E-state index in [0.717, 1.165) is 10.8 Å². The highest BCUT2D eigenvalue weighted by Crippen LogP contribution is 2.37. The van der Waals surface area contributed by atoms with Crippen LogP contribution in [-0.4, -0.2) is 51.7 Å². The summed E-state index contributed by atoms with van der Waals surface area (Å²) in [6.07, 6.45) is 3.64. The topological polar surface area (TPSA) is 113 Å². The molecule has 4 aromatic rings. The number of fused-ring (bicyclic) bond motifs is 3. The molecule has 3 heterocycles. The Morgan fingerprint density at radius 2 is 2.18 bits per heavy atom. The van der Waals surface area contributed by atoms with Crippen LogP contribution in [0.15, 0.2) is 54.9 Å². The van der Waals surface area contributed by atoms with Crippen molar-refractivity contribution in [2.45, 2.75) is 12.5 Å². The number of carbonyl (C=O) groups is 2. The monoisotopic (exact) mass is 446 g/mol. The smallest absolute Gasteiger partial charge is 0.291 e. The fraction of sp³-hybridized carbons (Fsp3) is 0.174. The molecule has 0 fully saturated rings. The second-order valence-electron chi connectivity index (χ2n) is 7.66. The minimum Gasteiger partial charge on any atom is -0.489 e. The van der Waals surface area contributed by atoms with Crippen molar-refractivity contribution in [1.29, 1.82) is 0 Å². The number of aromatic amines is 1. The van der Waals surface area contributed by atoms with Crippen LogP contribution in [-0.2, 0) is 11.2 Å². The lowest BCUT2D eigenvalue weighted by Gasteiger charge is -2.21. The van der Waals surface area contributed by atoms with Crippen molar-refractivity contribution in [3.63, 3.8) is 0 Å². The van der Waals surface area contributed by atoms with Gasteiger partial charge in [0.05, 0.1) is 5.69 Å². The molecule has 166 valence electrons. The fourth-order valence-corrected chi connectivity index (χ4v) is 3.83. The summed E-state index contributed by atoms with van der Waals surface area (Å²) >= 11 is 0. The van der Waals surface area contributed by atoms with Gasteiger partial charge in [0.2, 0.25) is 5.82 Å². The predicted molar refractivity (Wildman–Crippen MR) is 117 cm³/mol. The van der Waals surface area contributed by atoms with Crippen molar-refractivity contribution in [3.05, 3.63) is 77.9 Å². The molecule has 5 rings (SSSR count). The standard InChI is InChI=1S/C23H19FN6O3/c1-30-20-16-7-8-25-11-14(16)5-6-18(20)33-12-17(23(30)32)26-22(31)21-27-19(28-29-21)10-13-3-2-4-15(24)9-13/h2-9,11,17H,10,12H2,1H3,(H,26,31)(H,27,28,29)/t17-/m0/s1. The van der Waals surface area contributed by atoms with Gasteiger partial charge in [0.25, 0.3) is 11.8 Å². The van der Waals surface area contributed by atoms with E-state index < -0.39 is 11.9 Å². The Hall–Kier alpha value is -4.34. The highest BCUT2D eigenvalue weighted by atomic mass is 19.1. The number of amides is 2. The molecular weight excluding hydrogens is 427 g/mol. The maximum Gasteiger partial charge on any atom is 0.291 e. The first-order chi connectivity index (χ1) is 16.0. The molecule has 1 aliphatic rings. The van der Waals surface area contributed by atoms with Crippen LogP contribution in [0.1, 0.15) is 22.0 Å². The average molecular weight is 446 g/mol. The van der Waals surface area contributed by atoms with Crippen LogP contribution < -0.4 is 15.0 Å². The number of hydrogen-bond donors (Lipinski definition) is 2. The van der Waals surface area contributed by atoms with E-state index in [2.05, 4.69) is 25.5 Å². The zero-order valence-corrected chi connectivity index (χ0v) is 17.6. The molecule has 2 aromatic carbocycles. The van der Waals surface area contributed by atoms with Gasteiger partial charge in [-0.3, -0.25) is 19.7 Å². The molecule has 1 atom stereocenters. The van der Waals surface area contributed by atoms with E-state index in [9.17, 15) is 14.0 Å². The number of nitrogens with one attached hydrogen (secondary N) is 2. The van der Waals surface area contributed by atoms with E-state index >= 15 is 0 Å². The number of likely N-dealkylation sites (N-methyl/N-ethyl adjacent to an activating group) is 1. The number of aromatic nitrogens is 4. The summed E-state index contributed by atoms with van der Waals surface area (Å²) in [4.78, 5) is 35.6. The summed E-state index contributed by atoms with van der Waals surface area (Å²) < 4.78 is 19.2. The first-order valence-corrected chi connectivity index (χ1v) is 10.2. The zero-order valence-electron chi connectivity index (χ0n) is 17.6. The molecule has 1 aliphatic heterocycles. The van der Waals surface area contributed by atoms with E-state index in [-0.39, 0.29) is 30.6 Å². The van der Waals surface area contributed by atoms with Crippen molar-refractivity contribution in [2.75, 3.05) is 18.6 Å². The number of rotatable bonds is 4. The van der Waals surface area contributed by atoms with Gasteiger partial charge < -0.3 is 15.0 Å². The van der Waals surface area contributed by atoms with Gasteiger partial charge in [0.15, 0.2) is 0 Å². The molecular formula is C23H19FN6O3. The van der Waals surface area contributed by atoms with Gasteiger partial charge in [0.1, 0.15) is 30.0 Å². The van der Waals surface area contributed by atoms with Crippen LogP contribution >= 0.6 is 0 Å². The number of anilines is 1. The highest BCUT2D eigenvalue weighted by Gasteiger charge is 2.32. The summed E-state index contributed by atoms with van der Waals surface area (Å²) in [5, 5.41) is 11.0. The Kier molecular flexibility index (Phi) is 5.17. The van der Waals surface area contributed by atoms with Gasteiger partial charge in [-0.25, -0.2) is 9.37 Å². The third kappa shape index (κ3) is 3.98. The summed E-state index contributed by atoms with van der Waals surface area (Å²) in [6.45, 7) is -0.0426. The zero-order chi connectivity index (χ0) is 22.9. The molecule has 2 amide bonds. The largest absolute Gasteiger partial charge is 0.489 e. The number of pyridine rings is 1. The summed E-state index contributed by atoms with van der Waals surface area (Å²) in [6, 6.07) is 10.6. The van der Waals surface area contributed by atoms with Crippen LogP contribution in [0.25, 0.3) is 10.8 Å². The van der Waals surface area contributed by atoms with Crippen LogP contribution in [0.3, 0.4) is 0 Å². The Balaban J connectivity index is 1.33. The predicted octanol–water partition coefficient (Wildman–Crippen LogP) is 2.24. The van der Waals surface area contributed by atoms with E-state index in [1.807, 2.05) is 12.1 Å². The van der Waals surface area contributed by atoms with Gasteiger partial charge in [-0.05, 0) is 35.9 Å². The van der Waals surface area contributed by atoms with E-state index in [4.69, 9.17) is 4.74 Å². The molecule has 10 heteroatoms. The quantitative estimate of drug-likeness (QED) is 0.497. The molecule has 9 nitrogen and oxygen atoms in total. The van der Waals surface area contributed by atoms with Gasteiger partial charge in [-0.2, -0.15) is 0 Å². The first-order valence-electron chi connectivity index (χ1n) is 10.2. The van der Waals surface area contributed by atoms with Gasteiger partial charge in [-0.15, -0.1) is 5.10 Å². The molecule has 2 aromatic heterocycles. The number of H-pyrrole nitrogens is 1. The molecule has 0 bridgehead atoms. The number of hydrogen-bond acceptors (Lipinski definition) is 6. The van der Waals surface area contributed by atoms with E-state index in [0.29, 0.717) is 22.8 Å². The lowest BCUT2D eigenvalue weighted by atomic mass is 10.1. The van der Waals surface area contributed by atoms with Gasteiger partial charge >= 0.3 is 0 Å². The molecule has 0 saturated carbocycles. The summed E-state index contributed by atoms with van der Waals surface area (Å²) in [7, 11) is 1.64. The number of ether oxygens (including phenoxy) is 1. The molecule has 2 N–H and O–H groups in total. The molecule has 0 spiro atoms. The molecule has 0 unspecified atom stereocenters. The van der Waals surface area contributed by atoms with Gasteiger partial charge in [-0.1, -0.05) is 12.1 Å². The minimum atomic E-state index is -0.933. The fourth-order valence-electron chi connectivity index (χ4n) is 3.83. The first kappa shape index (κ1) is 20.6. The lowest BCUT2D eigenvalue weighted by Crippen LogP contribution is -2.49. The van der Waals surface area contributed by atoms with Crippen LogP contribution in [0.4, 0.5) is 10.1 Å².